The van der Waals surface area contributed by atoms with Crippen molar-refractivity contribution in [3.8, 4) is 0 Å². The van der Waals surface area contributed by atoms with Crippen molar-refractivity contribution in [2.24, 2.45) is 23.3 Å². The van der Waals surface area contributed by atoms with Crippen LogP contribution in [0.4, 0.5) is 5.69 Å². The number of aliphatic hydroxyl groups excluding tert-OH is 1. The van der Waals surface area contributed by atoms with Gasteiger partial charge in [0.05, 0.1) is 51.8 Å². The average molecular weight is 1660 g/mol. The first-order valence-electron chi connectivity index (χ1n) is 38.4. The number of nitrogens with one attached hydrogen (secondary N) is 14. The first-order chi connectivity index (χ1) is 55.9. The van der Waals surface area contributed by atoms with Gasteiger partial charge < -0.3 is 122 Å². The summed E-state index contributed by atoms with van der Waals surface area (Å²) >= 11 is 0. The number of cyclic esters (lactones) is 1. The maximum absolute atomic E-state index is 14.9. The number of carboxylic acid groups (broad SMARTS) is 4. The summed E-state index contributed by atoms with van der Waals surface area (Å²) in [5.41, 5.74) is 18.2. The Bertz CT molecular complexity index is 4140. The van der Waals surface area contributed by atoms with Gasteiger partial charge in [-0.25, -0.2) is 4.79 Å². The van der Waals surface area contributed by atoms with E-state index in [0.717, 1.165) is 78.6 Å². The summed E-state index contributed by atoms with van der Waals surface area (Å²) in [6, 6.07) is -10.5. The van der Waals surface area contributed by atoms with Crippen LogP contribution in [-0.2, 0) is 102 Å². The standard InChI is InChI=1S/C75H105N17O26/c1-37(26-58(98)99)62-74(116)90-52(28-54(94)43-21-13-15-22-44(43)77)75(117)118-39(3)63(73(115)81-35-56(96)83-46(24-17-25-76)67(109)88-50(31-60(102)103)68(110)82-38(2)64(106)85-49(30-59(100)101)66(108)80-34-57(97)84-53(36-93)72(114)91-62)92-71(113)51(32-61(104)105)89-70(112)48(29-55(78)95)87-69(111)47(27-41-33-79-45-23-16-14-20-42(41)45)86-65(107)40-18-11-9-7-5-4-6-8-10-12-19-40/h13-16,20-23,33,37-40,46-53,62-63,79,93H,4-12,17-19,24-32,34-36,76-77H2,1-3H3,(H2,78,95)(H,80,108)(H,81,115)(H,82,110)(H,83,96)(H,84,97)(H,85,106)(H,86,107)(H,87,111)(H,88,109)(H,89,112)(H,90,116)(H,91,114)(H,92,113)(H,98,99)(H,100,101)(H,102,103)(H,104,105)/t37-,38+,39+,46-,47-,48-,49-,50+,51-,52-,53+,62-,63-/m0/s1. The van der Waals surface area contributed by atoms with Crippen LogP contribution in [0.3, 0.4) is 0 Å². The van der Waals surface area contributed by atoms with Crippen LogP contribution in [0.1, 0.15) is 159 Å². The SMILES string of the molecule is C[C@H]1NC(=O)[C@@H](CC(=O)O)NC(=O)[C@H](CCCN)NC(=O)CNC(=O)[C@@H](NC(=O)[C@H](CC(=O)O)NC(=O)[C@H](CC(N)=O)NC(=O)[C@H](Cc2c[nH]c3ccccc23)NC(=O)C2CCCCCCCCCCC2)[C@@H](C)OC(=O)[C@H](CC(=O)c2ccccc2N)NC(=O)[C@H]([C@@H](C)CC(=O)O)NC(=O)[C@@H](CO)NC(=O)CNC(=O)[C@H](CC(=O)O)NC1=O. The number of fused-ring (bicyclic) bond motifs is 1. The second-order valence-electron chi connectivity index (χ2n) is 28.8. The largest absolute Gasteiger partial charge is 0.481 e. The van der Waals surface area contributed by atoms with Gasteiger partial charge in [0.25, 0.3) is 0 Å². The van der Waals surface area contributed by atoms with Crippen LogP contribution in [0.25, 0.3) is 10.9 Å². The second-order valence-corrected chi connectivity index (χ2v) is 28.8. The summed E-state index contributed by atoms with van der Waals surface area (Å²) < 4.78 is 5.71. The number of aromatic amines is 1. The molecule has 43 heteroatoms. The van der Waals surface area contributed by atoms with Crippen LogP contribution >= 0.6 is 0 Å². The number of Topliss-reactive ketones (excluding diaryl/α,β-unsaturated/α-hetero) is 1. The number of aliphatic carboxylic acids is 4. The minimum absolute atomic E-state index is 0.0926. The molecule has 25 N–H and O–H groups in total. The molecule has 118 heavy (non-hydrogen) atoms. The molecule has 646 valence electrons. The van der Waals surface area contributed by atoms with E-state index in [1.807, 2.05) is 16.0 Å². The molecular weight excluding hydrogens is 1550 g/mol. The van der Waals surface area contributed by atoms with Gasteiger partial charge in [0.2, 0.25) is 82.7 Å². The molecule has 3 aromatic rings. The first-order valence-corrected chi connectivity index (χ1v) is 38.4. The predicted molar refractivity (Wildman–Crippen MR) is 412 cm³/mol. The lowest BCUT2D eigenvalue weighted by molar-refractivity contribution is -0.156. The van der Waals surface area contributed by atoms with Crippen molar-refractivity contribution < 1.29 is 126 Å². The Kier molecular flexibility index (Phi) is 39.0. The topological polar surface area (TPSA) is 702 Å². The van der Waals surface area contributed by atoms with Crippen molar-refractivity contribution in [1.82, 2.24) is 74.1 Å². The quantitative estimate of drug-likeness (QED) is 0.0184. The van der Waals surface area contributed by atoms with Crippen LogP contribution < -0.4 is 86.3 Å². The molecule has 0 bridgehead atoms. The Labute approximate surface area is 675 Å². The molecule has 1 aliphatic heterocycles. The second kappa shape index (κ2) is 48.0. The monoisotopic (exact) mass is 1660 g/mol. The number of hydrogen-bond donors (Lipinski definition) is 22. The lowest BCUT2D eigenvalue weighted by atomic mass is 9.91. The zero-order chi connectivity index (χ0) is 87.5. The number of carboxylic acids is 4. The summed E-state index contributed by atoms with van der Waals surface area (Å²) in [7, 11) is 0. The number of primary amides is 1. The molecule has 1 saturated heterocycles. The number of nitrogens with two attached hydrogens (primary N) is 3. The fourth-order valence-corrected chi connectivity index (χ4v) is 12.9. The van der Waals surface area contributed by atoms with Gasteiger partial charge in [-0.05, 0) is 75.8 Å². The van der Waals surface area contributed by atoms with E-state index >= 15 is 0 Å². The number of carbonyl (C=O) groups excluding carboxylic acids is 16. The minimum Gasteiger partial charge on any atom is -0.481 e. The number of anilines is 1. The Morgan fingerprint density at radius 2 is 1.05 bits per heavy atom. The number of para-hydroxylation sites is 2. The molecule has 2 heterocycles. The number of ether oxygens (including phenoxy) is 1. The van der Waals surface area contributed by atoms with Crippen molar-refractivity contribution >= 4 is 135 Å². The van der Waals surface area contributed by atoms with Crippen molar-refractivity contribution in [3.63, 3.8) is 0 Å². The molecule has 0 unspecified atom stereocenters. The van der Waals surface area contributed by atoms with Gasteiger partial charge in [-0.1, -0.05) is 95.0 Å². The predicted octanol–water partition coefficient (Wildman–Crippen LogP) is -4.84. The van der Waals surface area contributed by atoms with Gasteiger partial charge in [0.15, 0.2) is 5.78 Å². The van der Waals surface area contributed by atoms with Crippen LogP contribution in [-0.4, -0.2) is 248 Å². The highest BCUT2D eigenvalue weighted by Gasteiger charge is 2.41. The van der Waals surface area contributed by atoms with Gasteiger partial charge in [-0.3, -0.25) is 91.1 Å². The van der Waals surface area contributed by atoms with Crippen molar-refractivity contribution in [2.45, 2.75) is 222 Å². The molecule has 0 spiro atoms. The number of aromatic nitrogens is 1. The molecule has 1 aromatic heterocycles. The number of nitrogen functional groups attached to an aromatic ring is 1. The summed E-state index contributed by atoms with van der Waals surface area (Å²) in [5.74, 6) is -30.1. The van der Waals surface area contributed by atoms with Crippen LogP contribution in [0.15, 0.2) is 54.7 Å². The van der Waals surface area contributed by atoms with E-state index < -0.39 is 267 Å². The highest BCUT2D eigenvalue weighted by Crippen LogP contribution is 2.25. The van der Waals surface area contributed by atoms with E-state index in [1.165, 1.54) is 24.3 Å². The molecule has 2 fully saturated rings. The van der Waals surface area contributed by atoms with E-state index in [4.69, 9.17) is 21.9 Å². The van der Waals surface area contributed by atoms with E-state index in [9.17, 15) is 121 Å². The Morgan fingerprint density at radius 1 is 0.534 bits per heavy atom. The number of hydrogen-bond acceptors (Lipinski definition) is 24. The van der Waals surface area contributed by atoms with E-state index in [2.05, 4.69) is 58.2 Å². The van der Waals surface area contributed by atoms with Gasteiger partial charge in [-0.2, -0.15) is 0 Å². The number of H-pyrrole nitrogens is 1. The Morgan fingerprint density at radius 3 is 1.63 bits per heavy atom. The van der Waals surface area contributed by atoms with Gasteiger partial charge in [0.1, 0.15) is 72.6 Å². The average Bonchev–Trinajstić information content (AvgIpc) is 1.85. The number of amides is 14. The van der Waals surface area contributed by atoms with Crippen LogP contribution in [0, 0.1) is 11.8 Å². The van der Waals surface area contributed by atoms with Crippen molar-refractivity contribution in [3.05, 3.63) is 65.9 Å². The van der Waals surface area contributed by atoms with E-state index in [-0.39, 0.29) is 30.6 Å². The molecule has 0 radical (unpaired) electrons. The zero-order valence-corrected chi connectivity index (χ0v) is 65.3. The van der Waals surface area contributed by atoms with Gasteiger partial charge in [0, 0.05) is 47.1 Å². The molecule has 1 aliphatic carbocycles. The smallest absolute Gasteiger partial charge is 0.329 e. The highest BCUT2D eigenvalue weighted by atomic mass is 16.5. The number of benzene rings is 2. The third kappa shape index (κ3) is 31.8. The van der Waals surface area contributed by atoms with Crippen LogP contribution in [0.5, 0.6) is 0 Å². The maximum Gasteiger partial charge on any atom is 0.329 e. The van der Waals surface area contributed by atoms with E-state index in [0.29, 0.717) is 29.3 Å². The fourth-order valence-electron chi connectivity index (χ4n) is 12.9. The maximum atomic E-state index is 14.9. The molecule has 1 saturated carbocycles. The molecular formula is C75H105N17O26. The lowest BCUT2D eigenvalue weighted by Gasteiger charge is -2.30. The van der Waals surface area contributed by atoms with E-state index in [1.54, 1.807) is 30.5 Å². The molecule has 5 rings (SSSR count). The highest BCUT2D eigenvalue weighted by molar-refractivity contribution is 6.05. The number of aliphatic hydroxyl groups is 1. The number of rotatable bonds is 28. The zero-order valence-electron chi connectivity index (χ0n) is 65.3. The lowest BCUT2D eigenvalue weighted by Crippen LogP contribution is -2.62. The Balaban J connectivity index is 1.61. The van der Waals surface area contributed by atoms with Crippen LogP contribution in [0.2, 0.25) is 0 Å². The molecule has 43 nitrogen and oxygen atoms in total. The third-order valence-corrected chi connectivity index (χ3v) is 19.3. The van der Waals surface area contributed by atoms with Crippen molar-refractivity contribution in [1.29, 1.82) is 0 Å². The third-order valence-electron chi connectivity index (χ3n) is 19.3. The number of esters is 1. The van der Waals surface area contributed by atoms with Gasteiger partial charge in [-0.15, -0.1) is 0 Å². The summed E-state index contributed by atoms with van der Waals surface area (Å²) in [6.45, 7) is -0.933. The number of carbonyl (C=O) groups is 20. The summed E-state index contributed by atoms with van der Waals surface area (Å²) in [4.78, 5) is 278. The summed E-state index contributed by atoms with van der Waals surface area (Å²) in [5, 5.41) is 79.2. The Hall–Kier alpha value is -12.7. The summed E-state index contributed by atoms with van der Waals surface area (Å²) in [6.07, 6.45) is 1.02. The van der Waals surface area contributed by atoms with Gasteiger partial charge >= 0.3 is 29.8 Å². The number of ketones is 1. The minimum atomic E-state index is -2.45. The molecule has 14 amide bonds. The molecule has 13 atom stereocenters. The fraction of sp³-hybridized carbons (Fsp3) is 0.547. The first kappa shape index (κ1) is 95.9. The van der Waals surface area contributed by atoms with Crippen molar-refractivity contribution in [2.75, 3.05) is 32.0 Å². The molecule has 2 aromatic carbocycles. The normalized spacial score (nSPS) is 22.5. The molecule has 2 aliphatic rings.